The number of hydrogen-bond donors (Lipinski definition) is 0. The van der Waals surface area contributed by atoms with Crippen LogP contribution in [0.4, 0.5) is 4.39 Å². The number of unbranched alkanes of at least 4 members (excludes halogenated alkanes) is 3. The first-order chi connectivity index (χ1) is 27.7. The van der Waals surface area contributed by atoms with Crippen LogP contribution in [0.2, 0.25) is 0 Å². The van der Waals surface area contributed by atoms with E-state index < -0.39 is 23.3 Å². The van der Waals surface area contributed by atoms with Crippen molar-refractivity contribution in [2.24, 2.45) is 11.3 Å². The van der Waals surface area contributed by atoms with Crippen molar-refractivity contribution in [3.05, 3.63) is 89.3 Å². The third kappa shape index (κ3) is 14.6. The summed E-state index contributed by atoms with van der Waals surface area (Å²) in [6.45, 7) is 17.0. The lowest BCUT2D eigenvalue weighted by Crippen LogP contribution is -2.40. The molecule has 3 rings (SSSR count). The number of nitrogens with zero attached hydrogens (tertiary/aromatic N) is 2. The molecule has 1 aliphatic carbocycles. The molecule has 1 saturated carbocycles. The van der Waals surface area contributed by atoms with E-state index in [4.69, 9.17) is 18.9 Å². The summed E-state index contributed by atoms with van der Waals surface area (Å²) in [5.74, 6) is -0.681. The van der Waals surface area contributed by atoms with Crippen LogP contribution in [-0.4, -0.2) is 44.3 Å². The van der Waals surface area contributed by atoms with E-state index >= 15 is 4.39 Å². The van der Waals surface area contributed by atoms with Crippen LogP contribution in [-0.2, 0) is 41.4 Å². The van der Waals surface area contributed by atoms with Gasteiger partial charge in [0.25, 0.3) is 0 Å². The number of benzene rings is 2. The molecule has 9 nitrogen and oxygen atoms in total. The summed E-state index contributed by atoms with van der Waals surface area (Å²) in [5, 5.41) is 19.3. The summed E-state index contributed by atoms with van der Waals surface area (Å²) in [4.78, 5) is 37.2. The standard InChI is InChI=1S/C48H61FN2O7/c1-8-9-10-14-36-17-19-37(20-18-36)38-21-22-42(43(49)29-38)41-27-39(15-11-12-24-50)44(40(28-41)16-13-26-55-45(52)33(2)3)56-30-48(23-25-51,31-57-46(53)34(4)5)32-58-47(54)35(6)7/h21-22,27-29,36-37H,2,4,6,8-20,23,26,30-32H2,1,3,5,7H3. The summed E-state index contributed by atoms with van der Waals surface area (Å²) in [7, 11) is 0. The number of nitriles is 2. The maximum atomic E-state index is 16.3. The SMILES string of the molecule is C=C(C)C(=O)OCCCc1cc(-c2ccc(C3CCC(CCCCC)CC3)cc2F)cc(CCCC#N)c1OCC(CC#N)(COC(=O)C(=C)C)COC(=O)C(=C)C. The summed E-state index contributed by atoms with van der Waals surface area (Å²) in [5.41, 5.74) is 2.75. The molecule has 2 aromatic rings. The van der Waals surface area contributed by atoms with Crippen LogP contribution < -0.4 is 4.74 Å². The molecule has 0 atom stereocenters. The van der Waals surface area contributed by atoms with E-state index in [1.54, 1.807) is 13.0 Å². The molecule has 0 unspecified atom stereocenters. The number of halogens is 1. The van der Waals surface area contributed by atoms with Gasteiger partial charge in [-0.15, -0.1) is 0 Å². The second kappa shape index (κ2) is 23.9. The molecule has 0 spiro atoms. The van der Waals surface area contributed by atoms with Gasteiger partial charge in [0.15, 0.2) is 0 Å². The van der Waals surface area contributed by atoms with Crippen molar-refractivity contribution >= 4 is 17.9 Å². The minimum absolute atomic E-state index is 0.0924. The summed E-state index contributed by atoms with van der Waals surface area (Å²) >= 11 is 0. The fourth-order valence-electron chi connectivity index (χ4n) is 7.22. The zero-order valence-corrected chi connectivity index (χ0v) is 35.0. The zero-order chi connectivity index (χ0) is 42.7. The number of carbonyl (C=O) groups excluding carboxylic acids is 3. The third-order valence-electron chi connectivity index (χ3n) is 10.7. The molecule has 0 radical (unpaired) electrons. The van der Waals surface area contributed by atoms with Crippen molar-refractivity contribution in [2.75, 3.05) is 26.4 Å². The predicted molar refractivity (Wildman–Crippen MR) is 223 cm³/mol. The highest BCUT2D eigenvalue weighted by atomic mass is 19.1. The Morgan fingerprint density at radius 3 is 1.90 bits per heavy atom. The van der Waals surface area contributed by atoms with Crippen LogP contribution in [0.3, 0.4) is 0 Å². The van der Waals surface area contributed by atoms with Gasteiger partial charge < -0.3 is 18.9 Å². The minimum atomic E-state index is -1.29. The molecule has 0 heterocycles. The van der Waals surface area contributed by atoms with Gasteiger partial charge in [-0.1, -0.05) is 64.5 Å². The number of rotatable bonds is 24. The van der Waals surface area contributed by atoms with Crippen LogP contribution >= 0.6 is 0 Å². The van der Waals surface area contributed by atoms with E-state index in [0.29, 0.717) is 59.6 Å². The van der Waals surface area contributed by atoms with Crippen molar-refractivity contribution in [3.8, 4) is 29.0 Å². The average molecular weight is 797 g/mol. The molecular formula is C48H61FN2O7. The van der Waals surface area contributed by atoms with E-state index in [1.807, 2.05) is 24.3 Å². The largest absolute Gasteiger partial charge is 0.492 e. The van der Waals surface area contributed by atoms with E-state index in [0.717, 1.165) is 24.3 Å². The van der Waals surface area contributed by atoms with Crippen molar-refractivity contribution < 1.29 is 37.7 Å². The lowest BCUT2D eigenvalue weighted by Gasteiger charge is -2.31. The van der Waals surface area contributed by atoms with E-state index in [2.05, 4.69) is 38.8 Å². The summed E-state index contributed by atoms with van der Waals surface area (Å²) in [6, 6.07) is 13.6. The molecule has 312 valence electrons. The van der Waals surface area contributed by atoms with Crippen LogP contribution in [0.25, 0.3) is 11.1 Å². The van der Waals surface area contributed by atoms with Crippen molar-refractivity contribution in [1.82, 2.24) is 0 Å². The quantitative estimate of drug-likeness (QED) is 0.0440. The Morgan fingerprint density at radius 2 is 1.36 bits per heavy atom. The summed E-state index contributed by atoms with van der Waals surface area (Å²) in [6.07, 6.45) is 11.2. The molecule has 2 aromatic carbocycles. The van der Waals surface area contributed by atoms with Gasteiger partial charge in [0.1, 0.15) is 31.4 Å². The average Bonchev–Trinajstić information content (AvgIpc) is 3.20. The Morgan fingerprint density at radius 1 is 0.776 bits per heavy atom. The highest BCUT2D eigenvalue weighted by Gasteiger charge is 2.36. The Balaban J connectivity index is 2.05. The Kier molecular flexibility index (Phi) is 19.4. The monoisotopic (exact) mass is 796 g/mol. The van der Waals surface area contributed by atoms with E-state index in [1.165, 1.54) is 52.4 Å². The second-order valence-corrected chi connectivity index (χ2v) is 15.9. The fourth-order valence-corrected chi connectivity index (χ4v) is 7.22. The molecule has 58 heavy (non-hydrogen) atoms. The van der Waals surface area contributed by atoms with Gasteiger partial charge in [0, 0.05) is 28.7 Å². The van der Waals surface area contributed by atoms with Crippen molar-refractivity contribution in [2.45, 2.75) is 124 Å². The van der Waals surface area contributed by atoms with Gasteiger partial charge in [-0.3, -0.25) is 0 Å². The maximum absolute atomic E-state index is 16.3. The zero-order valence-electron chi connectivity index (χ0n) is 35.0. The van der Waals surface area contributed by atoms with Crippen molar-refractivity contribution in [1.29, 1.82) is 10.5 Å². The van der Waals surface area contributed by atoms with E-state index in [9.17, 15) is 24.9 Å². The predicted octanol–water partition coefficient (Wildman–Crippen LogP) is 10.8. The molecule has 10 heteroatoms. The number of carbonyl (C=O) groups is 3. The molecule has 0 aliphatic heterocycles. The first-order valence-electron chi connectivity index (χ1n) is 20.5. The Labute approximate surface area is 344 Å². The topological polar surface area (TPSA) is 136 Å². The Hall–Kier alpha value is -5.22. The number of aryl methyl sites for hydroxylation is 2. The van der Waals surface area contributed by atoms with Crippen molar-refractivity contribution in [3.63, 3.8) is 0 Å². The molecule has 0 bridgehead atoms. The Bertz CT molecular complexity index is 1830. The van der Waals surface area contributed by atoms with Crippen LogP contribution in [0.15, 0.2) is 66.8 Å². The van der Waals surface area contributed by atoms with Gasteiger partial charge in [-0.25, -0.2) is 18.8 Å². The van der Waals surface area contributed by atoms with Gasteiger partial charge in [0.05, 0.1) is 30.6 Å². The third-order valence-corrected chi connectivity index (χ3v) is 10.7. The highest BCUT2D eigenvalue weighted by molar-refractivity contribution is 5.87. The molecule has 1 fully saturated rings. The molecule has 0 amide bonds. The number of hydrogen-bond acceptors (Lipinski definition) is 9. The normalized spacial score (nSPS) is 15.0. The lowest BCUT2D eigenvalue weighted by molar-refractivity contribution is -0.150. The minimum Gasteiger partial charge on any atom is -0.492 e. The van der Waals surface area contributed by atoms with Gasteiger partial charge in [-0.2, -0.15) is 10.5 Å². The molecule has 0 saturated heterocycles. The van der Waals surface area contributed by atoms with E-state index in [-0.39, 0.29) is 61.8 Å². The molecule has 1 aliphatic rings. The number of esters is 3. The lowest BCUT2D eigenvalue weighted by atomic mass is 9.77. The van der Waals surface area contributed by atoms with Crippen LogP contribution in [0, 0.1) is 39.8 Å². The smallest absolute Gasteiger partial charge is 0.333 e. The van der Waals surface area contributed by atoms with Crippen LogP contribution in [0.5, 0.6) is 5.75 Å². The maximum Gasteiger partial charge on any atom is 0.333 e. The highest BCUT2D eigenvalue weighted by Crippen LogP contribution is 2.40. The fraction of sp³-hybridized carbons (Fsp3) is 0.521. The van der Waals surface area contributed by atoms with Gasteiger partial charge in [0.2, 0.25) is 0 Å². The molecule has 0 N–H and O–H groups in total. The number of ether oxygens (including phenoxy) is 4. The molecular weight excluding hydrogens is 736 g/mol. The van der Waals surface area contributed by atoms with Crippen LogP contribution in [0.1, 0.15) is 127 Å². The molecule has 0 aromatic heterocycles. The first-order valence-corrected chi connectivity index (χ1v) is 20.5. The van der Waals surface area contributed by atoms with Gasteiger partial charge in [-0.05, 0) is 124 Å². The summed E-state index contributed by atoms with van der Waals surface area (Å²) < 4.78 is 39.3. The van der Waals surface area contributed by atoms with Gasteiger partial charge >= 0.3 is 17.9 Å². The first kappa shape index (κ1) is 47.2. The second-order valence-electron chi connectivity index (χ2n) is 15.9.